The molecule has 336 valence electrons. The van der Waals surface area contributed by atoms with E-state index in [1.165, 1.54) is 90.4 Å². The molecule has 0 fully saturated rings. The molecular formula is C42H81NO13P+. The van der Waals surface area contributed by atoms with Gasteiger partial charge in [0, 0.05) is 26.4 Å². The van der Waals surface area contributed by atoms with E-state index in [2.05, 4.69) is 6.92 Å². The van der Waals surface area contributed by atoms with Crippen LogP contribution >= 0.6 is 7.82 Å². The van der Waals surface area contributed by atoms with Gasteiger partial charge in [0.05, 0.1) is 53.3 Å². The first kappa shape index (κ1) is 54.9. The topological polar surface area (TPSA) is 181 Å². The van der Waals surface area contributed by atoms with Crippen molar-refractivity contribution >= 4 is 31.7 Å². The maximum Gasteiger partial charge on any atom is 0.472 e. The fourth-order valence-corrected chi connectivity index (χ4v) is 7.17. The van der Waals surface area contributed by atoms with Crippen molar-refractivity contribution in [2.24, 2.45) is 11.8 Å². The highest BCUT2D eigenvalue weighted by Gasteiger charge is 2.27. The number of aliphatic carboxylic acids is 1. The third-order valence-corrected chi connectivity index (χ3v) is 10.4. The van der Waals surface area contributed by atoms with Gasteiger partial charge in [-0.05, 0) is 18.8 Å². The third-order valence-electron chi connectivity index (χ3n) is 9.39. The molecule has 2 N–H and O–H groups in total. The van der Waals surface area contributed by atoms with Crippen molar-refractivity contribution in [1.29, 1.82) is 0 Å². The van der Waals surface area contributed by atoms with Crippen molar-refractivity contribution in [2.45, 2.75) is 175 Å². The molecule has 0 rings (SSSR count). The van der Waals surface area contributed by atoms with E-state index in [4.69, 9.17) is 28.0 Å². The molecule has 14 nitrogen and oxygen atoms in total. The highest BCUT2D eigenvalue weighted by molar-refractivity contribution is 7.47. The van der Waals surface area contributed by atoms with Crippen molar-refractivity contribution in [3.8, 4) is 0 Å². The molecule has 0 aliphatic rings. The lowest BCUT2D eigenvalue weighted by Crippen LogP contribution is -2.43. The second-order valence-corrected chi connectivity index (χ2v) is 18.2. The van der Waals surface area contributed by atoms with Gasteiger partial charge in [-0.3, -0.25) is 28.2 Å². The molecular weight excluding hydrogens is 757 g/mol. The summed E-state index contributed by atoms with van der Waals surface area (Å²) in [5.74, 6) is -2.95. The quantitative estimate of drug-likeness (QED) is 0.0197. The van der Waals surface area contributed by atoms with Gasteiger partial charge >= 0.3 is 31.7 Å². The lowest BCUT2D eigenvalue weighted by Gasteiger charge is -2.29. The van der Waals surface area contributed by atoms with E-state index in [-0.39, 0.29) is 45.0 Å². The second-order valence-electron chi connectivity index (χ2n) is 16.7. The highest BCUT2D eigenvalue weighted by Crippen LogP contribution is 2.43. The van der Waals surface area contributed by atoms with Gasteiger partial charge in [0.2, 0.25) is 0 Å². The number of rotatable bonds is 39. The van der Waals surface area contributed by atoms with Gasteiger partial charge in [-0.15, -0.1) is 0 Å². The number of quaternary nitrogens is 1. The summed E-state index contributed by atoms with van der Waals surface area (Å²) in [6.07, 6.45) is 20.1. The molecule has 4 unspecified atom stereocenters. The molecule has 0 radical (unpaired) electrons. The van der Waals surface area contributed by atoms with Crippen molar-refractivity contribution in [2.75, 3.05) is 60.7 Å². The number of unbranched alkanes of at least 4 members (excludes halogenated alkanes) is 16. The Bertz CT molecular complexity index is 1120. The van der Waals surface area contributed by atoms with E-state index in [9.17, 15) is 33.7 Å². The summed E-state index contributed by atoms with van der Waals surface area (Å²) in [5.41, 5.74) is 0. The zero-order valence-corrected chi connectivity index (χ0v) is 37.6. The van der Waals surface area contributed by atoms with Crippen LogP contribution in [0, 0.1) is 11.8 Å². The van der Waals surface area contributed by atoms with Gasteiger partial charge in [-0.2, -0.15) is 0 Å². The molecule has 0 aliphatic heterocycles. The average Bonchev–Trinajstić information content (AvgIpc) is 3.11. The van der Waals surface area contributed by atoms with Crippen LogP contribution in [0.15, 0.2) is 0 Å². The Labute approximate surface area is 344 Å². The summed E-state index contributed by atoms with van der Waals surface area (Å²) in [6, 6.07) is 0. The van der Waals surface area contributed by atoms with Crippen molar-refractivity contribution in [1.82, 2.24) is 0 Å². The standard InChI is InChI=1S/C42H80NO13P/c1-8-9-10-11-12-13-14-15-16-17-18-19-20-21-22-23-24-26-41(47)56-39(33-52-37(4)44)34-55-57(49,50)54-28-25-27-51-42(48)36(3)29-35(2)32-53-38(30-40(45)46)31-43(5,6)7/h35-36,38-39H,8-34H2,1-7H3,(H-,45,46,49,50)/p+1/t35?,36?,38?,39-/m1/s1. The molecule has 0 aliphatic carbocycles. The number of carbonyl (C=O) groups is 4. The Balaban J connectivity index is 4.27. The first-order valence-corrected chi connectivity index (χ1v) is 23.2. The van der Waals surface area contributed by atoms with E-state index < -0.39 is 56.4 Å². The number of ether oxygens (including phenoxy) is 4. The van der Waals surface area contributed by atoms with E-state index in [0.29, 0.717) is 30.5 Å². The van der Waals surface area contributed by atoms with Crippen LogP contribution < -0.4 is 0 Å². The van der Waals surface area contributed by atoms with E-state index >= 15 is 0 Å². The van der Waals surface area contributed by atoms with Crippen molar-refractivity contribution in [3.05, 3.63) is 0 Å². The van der Waals surface area contributed by atoms with Gasteiger partial charge < -0.3 is 33.4 Å². The Kier molecular flexibility index (Phi) is 32.5. The maximum atomic E-state index is 12.5. The maximum absolute atomic E-state index is 12.5. The Morgan fingerprint density at radius 1 is 0.667 bits per heavy atom. The molecule has 0 saturated heterocycles. The smallest absolute Gasteiger partial charge is 0.472 e. The Hall–Kier alpha value is -2.09. The predicted molar refractivity (Wildman–Crippen MR) is 220 cm³/mol. The summed E-state index contributed by atoms with van der Waals surface area (Å²) in [6.45, 7) is 6.78. The summed E-state index contributed by atoms with van der Waals surface area (Å²) in [4.78, 5) is 57.7. The Morgan fingerprint density at radius 3 is 1.68 bits per heavy atom. The van der Waals surface area contributed by atoms with E-state index in [1.807, 2.05) is 28.1 Å². The van der Waals surface area contributed by atoms with E-state index in [1.54, 1.807) is 6.92 Å². The molecule has 0 spiro atoms. The number of phosphoric ester groups is 1. The minimum absolute atomic E-state index is 0.0235. The fourth-order valence-electron chi connectivity index (χ4n) is 6.38. The zero-order valence-electron chi connectivity index (χ0n) is 36.7. The molecule has 0 aromatic heterocycles. The fraction of sp³-hybridized carbons (Fsp3) is 0.905. The van der Waals surface area contributed by atoms with Crippen LogP contribution in [0.2, 0.25) is 0 Å². The summed E-state index contributed by atoms with van der Waals surface area (Å²) in [5, 5.41) is 9.21. The normalized spacial score (nSPS) is 14.9. The monoisotopic (exact) mass is 839 g/mol. The van der Waals surface area contributed by atoms with Gasteiger partial charge in [0.15, 0.2) is 6.10 Å². The number of carboxylic acids is 1. The molecule has 0 aromatic carbocycles. The Morgan fingerprint density at radius 2 is 1.19 bits per heavy atom. The largest absolute Gasteiger partial charge is 0.481 e. The first-order valence-electron chi connectivity index (χ1n) is 21.7. The van der Waals surface area contributed by atoms with Crippen LogP contribution in [0.4, 0.5) is 0 Å². The number of carboxylic acid groups (broad SMARTS) is 1. The highest BCUT2D eigenvalue weighted by atomic mass is 31.2. The lowest BCUT2D eigenvalue weighted by atomic mass is 9.98. The van der Waals surface area contributed by atoms with E-state index in [0.717, 1.165) is 19.3 Å². The minimum atomic E-state index is -4.56. The third kappa shape index (κ3) is 36.7. The molecule has 0 aromatic rings. The number of hydrogen-bond acceptors (Lipinski definition) is 11. The molecule has 0 bridgehead atoms. The molecule has 57 heavy (non-hydrogen) atoms. The van der Waals surface area contributed by atoms with Gasteiger partial charge in [-0.25, -0.2) is 4.57 Å². The van der Waals surface area contributed by atoms with Crippen molar-refractivity contribution in [3.63, 3.8) is 0 Å². The number of likely N-dealkylation sites (N-methyl/N-ethyl adjacent to an activating group) is 1. The second kappa shape index (κ2) is 33.7. The SMILES string of the molecule is CCCCCCCCCCCCCCCCCCCC(=O)O[C@H](COC(C)=O)COP(=O)(O)OCCCOC(=O)C(C)CC(C)COC(CC(=O)O)C[N+](C)(C)C. The number of carbonyl (C=O) groups excluding carboxylic acids is 3. The minimum Gasteiger partial charge on any atom is -0.481 e. The first-order chi connectivity index (χ1) is 26.9. The predicted octanol–water partition coefficient (Wildman–Crippen LogP) is 8.80. The lowest BCUT2D eigenvalue weighted by molar-refractivity contribution is -0.873. The number of phosphoric acid groups is 1. The summed E-state index contributed by atoms with van der Waals surface area (Å²) < 4.78 is 44.6. The molecule has 0 heterocycles. The number of hydrogen-bond donors (Lipinski definition) is 2. The van der Waals surface area contributed by atoms with Crippen LogP contribution in [0.5, 0.6) is 0 Å². The zero-order chi connectivity index (χ0) is 43.0. The summed E-state index contributed by atoms with van der Waals surface area (Å²) >= 11 is 0. The van der Waals surface area contributed by atoms with Crippen LogP contribution in [0.1, 0.15) is 163 Å². The van der Waals surface area contributed by atoms with Crippen LogP contribution in [0.25, 0.3) is 0 Å². The molecule has 0 saturated carbocycles. The average molecular weight is 839 g/mol. The van der Waals surface area contributed by atoms with Gasteiger partial charge in [0.25, 0.3) is 0 Å². The number of nitrogens with zero attached hydrogens (tertiary/aromatic N) is 1. The van der Waals surface area contributed by atoms with Crippen LogP contribution in [-0.4, -0.2) is 111 Å². The van der Waals surface area contributed by atoms with Gasteiger partial charge in [-0.1, -0.05) is 124 Å². The summed E-state index contributed by atoms with van der Waals surface area (Å²) in [7, 11) is 1.33. The molecule has 15 heteroatoms. The van der Waals surface area contributed by atoms with Crippen LogP contribution in [0.3, 0.4) is 0 Å². The van der Waals surface area contributed by atoms with Crippen LogP contribution in [-0.2, 0) is 51.7 Å². The number of esters is 3. The van der Waals surface area contributed by atoms with Gasteiger partial charge in [0.1, 0.15) is 19.3 Å². The molecule has 5 atom stereocenters. The van der Waals surface area contributed by atoms with Crippen molar-refractivity contribution < 1.29 is 66.2 Å². The molecule has 0 amide bonds.